The number of ether oxygens (including phenoxy) is 1. The molecule has 0 saturated carbocycles. The quantitative estimate of drug-likeness (QED) is 0.508. The second kappa shape index (κ2) is 5.77. The highest BCUT2D eigenvalue weighted by atomic mass is 35.5. The van der Waals surface area contributed by atoms with Crippen LogP contribution < -0.4 is 5.73 Å². The minimum Gasteiger partial charge on any atom is -0.468 e. The molecule has 10 heavy (non-hydrogen) atoms. The Kier molecular flexibility index (Phi) is 7.31. The van der Waals surface area contributed by atoms with Crippen LogP contribution in [0.25, 0.3) is 0 Å². The second-order valence-corrected chi connectivity index (χ2v) is 2.41. The highest BCUT2D eigenvalue weighted by molar-refractivity contribution is 6.22. The Bertz CT molecular complexity index is 108. The summed E-state index contributed by atoms with van der Waals surface area (Å²) in [7, 11) is 1.28. The number of hydrogen-bond donors (Lipinski definition) is 1. The SMILES string of the molecule is COC(=O)[C@@H](N)[C@H](C)Cl.Cl. The van der Waals surface area contributed by atoms with Crippen molar-refractivity contribution in [1.29, 1.82) is 0 Å². The molecule has 0 aromatic carbocycles. The van der Waals surface area contributed by atoms with Gasteiger partial charge in [0, 0.05) is 0 Å². The lowest BCUT2D eigenvalue weighted by atomic mass is 10.2. The summed E-state index contributed by atoms with van der Waals surface area (Å²) in [4.78, 5) is 10.5. The van der Waals surface area contributed by atoms with Crippen LogP contribution in [0.4, 0.5) is 0 Å². The molecule has 0 fully saturated rings. The van der Waals surface area contributed by atoms with Gasteiger partial charge in [0.25, 0.3) is 0 Å². The zero-order chi connectivity index (χ0) is 7.44. The Morgan fingerprint density at radius 2 is 2.10 bits per heavy atom. The van der Waals surface area contributed by atoms with E-state index in [0.717, 1.165) is 0 Å². The van der Waals surface area contributed by atoms with Crippen molar-refractivity contribution >= 4 is 30.0 Å². The van der Waals surface area contributed by atoms with Gasteiger partial charge in [-0.05, 0) is 6.92 Å². The molecule has 0 saturated heterocycles. The Labute approximate surface area is 71.3 Å². The average molecular weight is 188 g/mol. The van der Waals surface area contributed by atoms with E-state index in [2.05, 4.69) is 4.74 Å². The smallest absolute Gasteiger partial charge is 0.324 e. The van der Waals surface area contributed by atoms with Crippen LogP contribution in [0.5, 0.6) is 0 Å². The normalized spacial score (nSPS) is 14.8. The lowest BCUT2D eigenvalue weighted by Crippen LogP contribution is -2.38. The molecule has 0 heterocycles. The van der Waals surface area contributed by atoms with Crippen molar-refractivity contribution in [2.75, 3.05) is 7.11 Å². The summed E-state index contributed by atoms with van der Waals surface area (Å²) in [5.74, 6) is -0.475. The molecule has 0 rings (SSSR count). The Morgan fingerprint density at radius 1 is 1.70 bits per heavy atom. The Balaban J connectivity index is 0. The predicted molar refractivity (Wildman–Crippen MR) is 42.6 cm³/mol. The van der Waals surface area contributed by atoms with Crippen molar-refractivity contribution in [3.8, 4) is 0 Å². The van der Waals surface area contributed by atoms with Crippen LogP contribution in [-0.4, -0.2) is 24.5 Å². The zero-order valence-electron chi connectivity index (χ0n) is 5.83. The number of carbonyl (C=O) groups is 1. The van der Waals surface area contributed by atoms with Crippen LogP contribution in [0.15, 0.2) is 0 Å². The lowest BCUT2D eigenvalue weighted by Gasteiger charge is -2.09. The van der Waals surface area contributed by atoms with Gasteiger partial charge in [-0.2, -0.15) is 0 Å². The van der Waals surface area contributed by atoms with Crippen LogP contribution >= 0.6 is 24.0 Å². The third-order valence-corrected chi connectivity index (χ3v) is 1.24. The Hall–Kier alpha value is 0.01000. The summed E-state index contributed by atoms with van der Waals surface area (Å²) >= 11 is 5.48. The van der Waals surface area contributed by atoms with E-state index in [-0.39, 0.29) is 17.8 Å². The maximum absolute atomic E-state index is 10.5. The van der Waals surface area contributed by atoms with Gasteiger partial charge < -0.3 is 10.5 Å². The molecule has 0 radical (unpaired) electrons. The first-order chi connectivity index (χ1) is 4.09. The first-order valence-corrected chi connectivity index (χ1v) is 3.00. The predicted octanol–water partition coefficient (Wildman–Crippen LogP) is 0.536. The van der Waals surface area contributed by atoms with Crippen LogP contribution in [-0.2, 0) is 9.53 Å². The van der Waals surface area contributed by atoms with Gasteiger partial charge in [0.2, 0.25) is 0 Å². The fourth-order valence-corrected chi connectivity index (χ4v) is 0.426. The summed E-state index contributed by atoms with van der Waals surface area (Å²) in [5, 5.41) is -0.377. The molecule has 0 spiro atoms. The topological polar surface area (TPSA) is 52.3 Å². The van der Waals surface area contributed by atoms with Gasteiger partial charge in [-0.25, -0.2) is 0 Å². The molecule has 0 amide bonds. The van der Waals surface area contributed by atoms with Crippen LogP contribution in [0.2, 0.25) is 0 Å². The molecule has 0 aromatic heterocycles. The number of nitrogens with two attached hydrogens (primary N) is 1. The number of alkyl halides is 1. The van der Waals surface area contributed by atoms with Crippen molar-refractivity contribution in [3.63, 3.8) is 0 Å². The maximum atomic E-state index is 10.5. The summed E-state index contributed by atoms with van der Waals surface area (Å²) < 4.78 is 4.32. The first-order valence-electron chi connectivity index (χ1n) is 2.57. The van der Waals surface area contributed by atoms with Crippen LogP contribution in [0.1, 0.15) is 6.92 Å². The molecule has 0 aliphatic rings. The van der Waals surface area contributed by atoms with Crippen LogP contribution in [0.3, 0.4) is 0 Å². The second-order valence-electron chi connectivity index (χ2n) is 1.73. The summed E-state index contributed by atoms with van der Waals surface area (Å²) in [6.07, 6.45) is 0. The van der Waals surface area contributed by atoms with E-state index in [0.29, 0.717) is 0 Å². The largest absolute Gasteiger partial charge is 0.468 e. The molecule has 0 aliphatic carbocycles. The van der Waals surface area contributed by atoms with E-state index in [9.17, 15) is 4.79 Å². The maximum Gasteiger partial charge on any atom is 0.324 e. The number of hydrogen-bond acceptors (Lipinski definition) is 3. The molecular weight excluding hydrogens is 177 g/mol. The van der Waals surface area contributed by atoms with Gasteiger partial charge >= 0.3 is 5.97 Å². The highest BCUT2D eigenvalue weighted by Crippen LogP contribution is 1.99. The zero-order valence-corrected chi connectivity index (χ0v) is 7.41. The fourth-order valence-electron chi connectivity index (χ4n) is 0.324. The lowest BCUT2D eigenvalue weighted by molar-refractivity contribution is -0.142. The molecule has 0 unspecified atom stereocenters. The summed E-state index contributed by atoms with van der Waals surface area (Å²) in [6.45, 7) is 1.64. The van der Waals surface area contributed by atoms with Crippen molar-refractivity contribution in [1.82, 2.24) is 0 Å². The van der Waals surface area contributed by atoms with E-state index in [4.69, 9.17) is 17.3 Å². The minimum absolute atomic E-state index is 0. The summed E-state index contributed by atoms with van der Waals surface area (Å²) in [6, 6.07) is -0.711. The van der Waals surface area contributed by atoms with E-state index >= 15 is 0 Å². The molecule has 0 bridgehead atoms. The summed E-state index contributed by atoms with van der Waals surface area (Å²) in [5.41, 5.74) is 5.26. The average Bonchev–Trinajstić information content (AvgIpc) is 1.84. The molecule has 3 nitrogen and oxygen atoms in total. The van der Waals surface area contributed by atoms with Crippen molar-refractivity contribution in [3.05, 3.63) is 0 Å². The minimum atomic E-state index is -0.711. The van der Waals surface area contributed by atoms with E-state index in [1.807, 2.05) is 0 Å². The number of esters is 1. The molecule has 2 atom stereocenters. The monoisotopic (exact) mass is 187 g/mol. The van der Waals surface area contributed by atoms with Gasteiger partial charge in [0.05, 0.1) is 12.5 Å². The molecule has 5 heteroatoms. The van der Waals surface area contributed by atoms with Gasteiger partial charge in [0.15, 0.2) is 0 Å². The standard InChI is InChI=1S/C5H10ClNO2.ClH/c1-3(6)4(7)5(8)9-2;/h3-4H,7H2,1-2H3;1H/t3-,4-;/m0./s1. The number of halogens is 2. The Morgan fingerprint density at radius 3 is 2.20 bits per heavy atom. The van der Waals surface area contributed by atoms with Gasteiger partial charge in [0.1, 0.15) is 6.04 Å². The van der Waals surface area contributed by atoms with Gasteiger partial charge in [-0.15, -0.1) is 24.0 Å². The molecule has 2 N–H and O–H groups in total. The first kappa shape index (κ1) is 12.7. The fraction of sp³-hybridized carbons (Fsp3) is 0.800. The third-order valence-electron chi connectivity index (χ3n) is 0.968. The van der Waals surface area contributed by atoms with Crippen molar-refractivity contribution in [2.24, 2.45) is 5.73 Å². The van der Waals surface area contributed by atoms with E-state index in [1.165, 1.54) is 7.11 Å². The van der Waals surface area contributed by atoms with Crippen molar-refractivity contribution < 1.29 is 9.53 Å². The number of methoxy groups -OCH3 is 1. The molecular formula is C5H11Cl2NO2. The molecule has 62 valence electrons. The van der Waals surface area contributed by atoms with Crippen LogP contribution in [0, 0.1) is 0 Å². The third kappa shape index (κ3) is 3.93. The number of carbonyl (C=O) groups excluding carboxylic acids is 1. The molecule has 0 aromatic rings. The number of rotatable bonds is 2. The van der Waals surface area contributed by atoms with E-state index in [1.54, 1.807) is 6.92 Å². The van der Waals surface area contributed by atoms with Crippen molar-refractivity contribution in [2.45, 2.75) is 18.3 Å². The molecule has 0 aliphatic heterocycles. The van der Waals surface area contributed by atoms with E-state index < -0.39 is 12.0 Å². The van der Waals surface area contributed by atoms with Gasteiger partial charge in [-0.1, -0.05) is 0 Å². The highest BCUT2D eigenvalue weighted by Gasteiger charge is 2.18. The van der Waals surface area contributed by atoms with Gasteiger partial charge in [-0.3, -0.25) is 4.79 Å².